The van der Waals surface area contributed by atoms with Crippen LogP contribution in [0.2, 0.25) is 0 Å². The molecule has 1 N–H and O–H groups in total. The maximum Gasteiger partial charge on any atom is 0.312 e. The second-order valence-electron chi connectivity index (χ2n) is 6.75. The Kier molecular flexibility index (Phi) is 8.38. The summed E-state index contributed by atoms with van der Waals surface area (Å²) in [6.45, 7) is 4.38. The summed E-state index contributed by atoms with van der Waals surface area (Å²) in [6.07, 6.45) is 3.28. The number of hydrogen-bond acceptors (Lipinski definition) is 4. The molecule has 0 unspecified atom stereocenters. The van der Waals surface area contributed by atoms with Gasteiger partial charge in [0, 0.05) is 37.9 Å². The Labute approximate surface area is 190 Å². The molecular weight excluding hydrogens is 577 g/mol. The summed E-state index contributed by atoms with van der Waals surface area (Å²) in [4.78, 5) is 8.00. The minimum absolute atomic E-state index is 0. The summed E-state index contributed by atoms with van der Waals surface area (Å²) >= 11 is 0. The van der Waals surface area contributed by atoms with Gasteiger partial charge in [-0.05, 0) is 29.1 Å². The summed E-state index contributed by atoms with van der Waals surface area (Å²) in [5.41, 5.74) is 3.37. The van der Waals surface area contributed by atoms with Crippen LogP contribution >= 0.6 is 0 Å². The van der Waals surface area contributed by atoms with Gasteiger partial charge >= 0.3 is 10.1 Å². The minimum Gasteiger partial charge on any atom is -0.305 e. The Morgan fingerprint density at radius 1 is 0.933 bits per heavy atom. The number of nitrogens with zero attached hydrogens (tertiary/aromatic N) is 2. The maximum absolute atomic E-state index is 10.8. The van der Waals surface area contributed by atoms with Crippen molar-refractivity contribution in [3.8, 4) is 11.3 Å². The average Bonchev–Trinajstić information content (AvgIpc) is 2.74. The Balaban J connectivity index is 0.000000207. The number of benzene rings is 2. The monoisotopic (exact) mass is 598 g/mol. The van der Waals surface area contributed by atoms with Crippen molar-refractivity contribution in [2.24, 2.45) is 0 Å². The normalized spacial score (nSPS) is 10.8. The molecule has 0 aliphatic rings. The van der Waals surface area contributed by atoms with E-state index in [9.17, 15) is 8.42 Å². The molecule has 0 aliphatic heterocycles. The first-order valence-corrected chi connectivity index (χ1v) is 10.5. The number of fused-ring (bicyclic) bond motifs is 1. The molecule has 4 rings (SSSR count). The van der Waals surface area contributed by atoms with E-state index in [2.05, 4.69) is 42.0 Å². The summed E-state index contributed by atoms with van der Waals surface area (Å²) in [7, 11) is -4.21. The molecule has 0 atom stereocenters. The minimum atomic E-state index is -4.21. The van der Waals surface area contributed by atoms with Crippen LogP contribution in [0.1, 0.15) is 25.3 Å². The molecule has 0 bridgehead atoms. The maximum atomic E-state index is 10.8. The topological polar surface area (TPSA) is 80.2 Å². The first kappa shape index (κ1) is 23.8. The van der Waals surface area contributed by atoms with Crippen LogP contribution in [0.4, 0.5) is 0 Å². The molecule has 0 saturated heterocycles. The van der Waals surface area contributed by atoms with E-state index in [0.29, 0.717) is 5.92 Å². The molecular formula is C23H21IrN2O3S-. The van der Waals surface area contributed by atoms with Crippen LogP contribution in [0, 0.1) is 6.07 Å². The molecule has 2 aromatic carbocycles. The number of pyridine rings is 2. The molecule has 2 aromatic heterocycles. The van der Waals surface area contributed by atoms with Gasteiger partial charge in [0.15, 0.2) is 5.03 Å². The number of rotatable bonds is 3. The van der Waals surface area contributed by atoms with Crippen LogP contribution in [0.15, 0.2) is 84.1 Å². The van der Waals surface area contributed by atoms with E-state index < -0.39 is 10.1 Å². The van der Waals surface area contributed by atoms with Gasteiger partial charge in [-0.1, -0.05) is 49.7 Å². The third-order valence-electron chi connectivity index (χ3n) is 4.31. The summed E-state index contributed by atoms with van der Waals surface area (Å²) in [5.74, 6) is 0.537. The van der Waals surface area contributed by atoms with Crippen LogP contribution in [-0.4, -0.2) is 22.9 Å². The average molecular weight is 598 g/mol. The van der Waals surface area contributed by atoms with E-state index in [4.69, 9.17) is 4.55 Å². The second-order valence-corrected chi connectivity index (χ2v) is 8.12. The van der Waals surface area contributed by atoms with Crippen molar-refractivity contribution in [1.29, 1.82) is 0 Å². The van der Waals surface area contributed by atoms with E-state index in [1.165, 1.54) is 17.8 Å². The van der Waals surface area contributed by atoms with Gasteiger partial charge < -0.3 is 4.98 Å². The van der Waals surface area contributed by atoms with E-state index in [1.54, 1.807) is 12.1 Å². The molecule has 7 heteroatoms. The molecule has 1 radical (unpaired) electrons. The zero-order valence-electron chi connectivity index (χ0n) is 16.5. The fraction of sp³-hybridized carbons (Fsp3) is 0.130. The van der Waals surface area contributed by atoms with Gasteiger partial charge in [0.05, 0.1) is 0 Å². The van der Waals surface area contributed by atoms with Gasteiger partial charge in [-0.3, -0.25) is 4.55 Å². The Hall–Kier alpha value is -2.44. The Bertz CT molecular complexity index is 1210. The summed E-state index contributed by atoms with van der Waals surface area (Å²) in [5, 5.41) is 1.24. The van der Waals surface area contributed by atoms with Crippen molar-refractivity contribution < 1.29 is 33.1 Å². The molecule has 0 saturated carbocycles. The fourth-order valence-electron chi connectivity index (χ4n) is 2.71. The SMILES string of the molecule is CC(C)c1ccnc(-c2[c-]cccc2)c1.O=S(=O)(O)c1cc2ccccc2cn1.[Ir]. The van der Waals surface area contributed by atoms with Gasteiger partial charge in [-0.15, -0.1) is 35.9 Å². The second kappa shape index (κ2) is 10.5. The van der Waals surface area contributed by atoms with Crippen LogP contribution in [0.5, 0.6) is 0 Å². The van der Waals surface area contributed by atoms with Crippen LogP contribution in [-0.2, 0) is 30.2 Å². The van der Waals surface area contributed by atoms with Gasteiger partial charge in [-0.25, -0.2) is 4.98 Å². The molecule has 0 fully saturated rings. The summed E-state index contributed by atoms with van der Waals surface area (Å²) in [6, 6.07) is 23.8. The van der Waals surface area contributed by atoms with Crippen LogP contribution < -0.4 is 0 Å². The zero-order valence-corrected chi connectivity index (χ0v) is 19.7. The molecule has 2 heterocycles. The van der Waals surface area contributed by atoms with Gasteiger partial charge in [0.2, 0.25) is 0 Å². The third-order valence-corrected chi connectivity index (χ3v) is 5.06. The van der Waals surface area contributed by atoms with E-state index >= 15 is 0 Å². The summed E-state index contributed by atoms with van der Waals surface area (Å²) < 4.78 is 30.3. The smallest absolute Gasteiger partial charge is 0.305 e. The first-order valence-electron chi connectivity index (χ1n) is 9.10. The first-order chi connectivity index (χ1) is 13.8. The molecule has 0 spiro atoms. The number of aromatic nitrogens is 2. The molecule has 0 amide bonds. The van der Waals surface area contributed by atoms with E-state index in [0.717, 1.165) is 22.0 Å². The fourth-order valence-corrected chi connectivity index (χ4v) is 3.17. The van der Waals surface area contributed by atoms with Crippen molar-refractivity contribution in [3.63, 3.8) is 0 Å². The van der Waals surface area contributed by atoms with Crippen molar-refractivity contribution in [2.45, 2.75) is 24.8 Å². The Morgan fingerprint density at radius 3 is 2.27 bits per heavy atom. The number of hydrogen-bond donors (Lipinski definition) is 1. The van der Waals surface area contributed by atoms with Crippen LogP contribution in [0.25, 0.3) is 22.0 Å². The standard InChI is InChI=1S/C14H14N.C9H7NO3S.Ir/c1-11(2)13-8-9-15-14(10-13)12-6-4-3-5-7-12;11-14(12,13)9-5-7-3-1-2-4-8(7)6-10-9;/h3-6,8-11H,1-2H3;1-6H,(H,11,12,13);/q-1;;. The molecule has 30 heavy (non-hydrogen) atoms. The van der Waals surface area contributed by atoms with Crippen molar-refractivity contribution in [3.05, 3.63) is 90.8 Å². The molecule has 5 nitrogen and oxygen atoms in total. The van der Waals surface area contributed by atoms with Crippen molar-refractivity contribution >= 4 is 20.9 Å². The van der Waals surface area contributed by atoms with Crippen LogP contribution in [0.3, 0.4) is 0 Å². The largest absolute Gasteiger partial charge is 0.312 e. The third kappa shape index (κ3) is 6.28. The molecule has 157 valence electrons. The Morgan fingerprint density at radius 2 is 1.63 bits per heavy atom. The van der Waals surface area contributed by atoms with Gasteiger partial charge in [0.25, 0.3) is 0 Å². The van der Waals surface area contributed by atoms with Gasteiger partial charge in [-0.2, -0.15) is 8.42 Å². The molecule has 0 aliphatic carbocycles. The zero-order chi connectivity index (χ0) is 20.9. The van der Waals surface area contributed by atoms with E-state index in [1.807, 2.05) is 42.6 Å². The van der Waals surface area contributed by atoms with Gasteiger partial charge in [0.1, 0.15) is 0 Å². The predicted octanol–water partition coefficient (Wildman–Crippen LogP) is 5.15. The quantitative estimate of drug-likeness (QED) is 0.261. The van der Waals surface area contributed by atoms with Crippen molar-refractivity contribution in [2.75, 3.05) is 0 Å². The predicted molar refractivity (Wildman–Crippen MR) is 114 cm³/mol. The molecule has 4 aromatic rings. The van der Waals surface area contributed by atoms with Crippen molar-refractivity contribution in [1.82, 2.24) is 9.97 Å². The van der Waals surface area contributed by atoms with E-state index in [-0.39, 0.29) is 25.1 Å².